The molecule has 3 heterocycles. The van der Waals surface area contributed by atoms with Gasteiger partial charge in [-0.3, -0.25) is 9.59 Å². The van der Waals surface area contributed by atoms with Crippen LogP contribution >= 0.6 is 11.6 Å². The molecule has 8 nitrogen and oxygen atoms in total. The minimum atomic E-state index is -2.21. The van der Waals surface area contributed by atoms with Crippen LogP contribution in [-0.2, 0) is 16.1 Å². The van der Waals surface area contributed by atoms with Gasteiger partial charge in [-0.1, -0.05) is 11.6 Å². The van der Waals surface area contributed by atoms with Crippen molar-refractivity contribution in [3.63, 3.8) is 0 Å². The van der Waals surface area contributed by atoms with E-state index in [0.717, 1.165) is 6.07 Å². The lowest BCUT2D eigenvalue weighted by Gasteiger charge is -2.21. The number of H-pyrrole nitrogens is 1. The number of carbonyl (C=O) groups is 2. The minimum Gasteiger partial charge on any atom is -0.372 e. The molecule has 1 aliphatic rings. The van der Waals surface area contributed by atoms with E-state index in [1.54, 1.807) is 6.07 Å². The van der Waals surface area contributed by atoms with Gasteiger partial charge in [-0.05, 0) is 29.8 Å². The fourth-order valence-electron chi connectivity index (χ4n) is 3.17. The number of nitrogens with zero attached hydrogens (tertiary/aromatic N) is 3. The van der Waals surface area contributed by atoms with Gasteiger partial charge in [0.2, 0.25) is 5.60 Å². The number of aromatic amines is 1. The predicted octanol–water partition coefficient (Wildman–Crippen LogP) is 1.53. The van der Waals surface area contributed by atoms with Gasteiger partial charge in [0.25, 0.3) is 11.8 Å². The molecule has 1 atom stereocenters. The van der Waals surface area contributed by atoms with Crippen LogP contribution in [0.15, 0.2) is 36.8 Å². The van der Waals surface area contributed by atoms with Crippen LogP contribution in [0.4, 0.5) is 10.1 Å². The first-order valence-electron chi connectivity index (χ1n) is 8.43. The van der Waals surface area contributed by atoms with Crippen molar-refractivity contribution < 1.29 is 19.1 Å². The Morgan fingerprint density at radius 2 is 2.18 bits per heavy atom. The first-order chi connectivity index (χ1) is 13.4. The first-order valence-corrected chi connectivity index (χ1v) is 8.81. The number of nitrogens with one attached hydrogen (secondary N) is 2. The van der Waals surface area contributed by atoms with Crippen LogP contribution in [0.3, 0.4) is 0 Å². The number of carbonyl (C=O) groups excluding carboxylic acids is 2. The van der Waals surface area contributed by atoms with Crippen LogP contribution in [-0.4, -0.2) is 44.0 Å². The molecular formula is C18H15ClFN5O3. The van der Waals surface area contributed by atoms with E-state index in [4.69, 9.17) is 11.6 Å². The van der Waals surface area contributed by atoms with Crippen molar-refractivity contribution in [3.05, 3.63) is 53.2 Å². The number of halogens is 2. The van der Waals surface area contributed by atoms with Crippen molar-refractivity contribution in [2.24, 2.45) is 0 Å². The first kappa shape index (κ1) is 18.3. The third kappa shape index (κ3) is 3.19. The van der Waals surface area contributed by atoms with E-state index in [1.165, 1.54) is 29.6 Å². The molecule has 1 saturated heterocycles. The Morgan fingerprint density at radius 3 is 2.96 bits per heavy atom. The van der Waals surface area contributed by atoms with Crippen LogP contribution in [0.25, 0.3) is 11.2 Å². The number of hydrogen-bond acceptors (Lipinski definition) is 5. The third-order valence-electron chi connectivity index (χ3n) is 4.62. The van der Waals surface area contributed by atoms with Gasteiger partial charge in [0.15, 0.2) is 5.65 Å². The summed E-state index contributed by atoms with van der Waals surface area (Å²) in [7, 11) is 0. The second kappa shape index (κ2) is 6.84. The molecule has 4 rings (SSSR count). The Morgan fingerprint density at radius 1 is 1.36 bits per heavy atom. The summed E-state index contributed by atoms with van der Waals surface area (Å²) in [4.78, 5) is 37.6. The number of amides is 2. The molecular weight excluding hydrogens is 389 g/mol. The summed E-state index contributed by atoms with van der Waals surface area (Å²) in [5, 5.41) is 13.3. The monoisotopic (exact) mass is 403 g/mol. The normalized spacial score (nSPS) is 19.4. The van der Waals surface area contributed by atoms with Crippen LogP contribution in [0.5, 0.6) is 0 Å². The Kier molecular flexibility index (Phi) is 4.48. The fraction of sp³-hybridized carbons (Fsp3) is 0.222. The molecule has 28 heavy (non-hydrogen) atoms. The molecule has 10 heteroatoms. The molecule has 144 valence electrons. The lowest BCUT2D eigenvalue weighted by Crippen LogP contribution is -2.52. The fourth-order valence-corrected chi connectivity index (χ4v) is 3.41. The highest BCUT2D eigenvalue weighted by Gasteiger charge is 2.51. The summed E-state index contributed by atoms with van der Waals surface area (Å²) in [5.41, 5.74) is -0.217. The molecule has 0 aliphatic carbocycles. The van der Waals surface area contributed by atoms with Crippen molar-refractivity contribution >= 4 is 40.3 Å². The van der Waals surface area contributed by atoms with E-state index >= 15 is 0 Å². The molecule has 1 aromatic carbocycles. The predicted molar refractivity (Wildman–Crippen MR) is 99.1 cm³/mol. The quantitative estimate of drug-likeness (QED) is 0.572. The van der Waals surface area contributed by atoms with Crippen molar-refractivity contribution in [2.75, 3.05) is 11.4 Å². The average Bonchev–Trinajstić information content (AvgIpc) is 3.24. The highest BCUT2D eigenvalue weighted by molar-refractivity contribution is 6.30. The van der Waals surface area contributed by atoms with Gasteiger partial charge in [0, 0.05) is 24.5 Å². The Labute approximate surface area is 163 Å². The van der Waals surface area contributed by atoms with Gasteiger partial charge in [-0.25, -0.2) is 14.4 Å². The topological polar surface area (TPSA) is 111 Å². The van der Waals surface area contributed by atoms with E-state index < -0.39 is 23.2 Å². The van der Waals surface area contributed by atoms with E-state index in [2.05, 4.69) is 20.3 Å². The van der Waals surface area contributed by atoms with Crippen molar-refractivity contribution in [1.82, 2.24) is 20.3 Å². The van der Waals surface area contributed by atoms with Gasteiger partial charge in [-0.2, -0.15) is 0 Å². The molecule has 2 aromatic heterocycles. The van der Waals surface area contributed by atoms with E-state index in [9.17, 15) is 19.1 Å². The SMILES string of the molecule is O=C(NCc1cc(F)cc(Cl)c1)[C@@]1(O)CCN(c2cnc3nc[nH]c3c2)C1=O. The number of aromatic nitrogens is 3. The standard InChI is InChI=1S/C18H15ClFN5O3/c19-11-3-10(4-12(20)5-11)7-22-16(26)18(28)1-2-25(17(18)27)13-6-14-15(21-8-13)24-9-23-14/h3-6,8-9,28H,1-2,7H2,(H,22,26)(H,21,23,24)/t18-/m0/s1. The molecule has 1 aliphatic heterocycles. The van der Waals surface area contributed by atoms with Gasteiger partial charge in [0.05, 0.1) is 23.7 Å². The molecule has 3 aromatic rings. The highest BCUT2D eigenvalue weighted by atomic mass is 35.5. The second-order valence-corrected chi connectivity index (χ2v) is 6.93. The largest absolute Gasteiger partial charge is 0.372 e. The van der Waals surface area contributed by atoms with E-state index in [1.807, 2.05) is 0 Å². The van der Waals surface area contributed by atoms with Crippen LogP contribution < -0.4 is 10.2 Å². The van der Waals surface area contributed by atoms with E-state index in [-0.39, 0.29) is 24.5 Å². The summed E-state index contributed by atoms with van der Waals surface area (Å²) >= 11 is 5.79. The smallest absolute Gasteiger partial charge is 0.268 e. The number of imidazole rings is 1. The number of hydrogen-bond donors (Lipinski definition) is 3. The van der Waals surface area contributed by atoms with Crippen LogP contribution in [0, 0.1) is 5.82 Å². The zero-order valence-corrected chi connectivity index (χ0v) is 15.2. The molecule has 0 unspecified atom stereocenters. The van der Waals surface area contributed by atoms with Gasteiger partial charge < -0.3 is 20.3 Å². The number of pyridine rings is 1. The molecule has 2 amide bonds. The maximum Gasteiger partial charge on any atom is 0.268 e. The molecule has 1 fully saturated rings. The number of aliphatic hydroxyl groups is 1. The number of rotatable bonds is 4. The summed E-state index contributed by atoms with van der Waals surface area (Å²) in [6.07, 6.45) is 2.86. The van der Waals surface area contributed by atoms with Gasteiger partial charge >= 0.3 is 0 Å². The Bertz CT molecular complexity index is 1070. The lowest BCUT2D eigenvalue weighted by molar-refractivity contribution is -0.149. The minimum absolute atomic E-state index is 0.0758. The summed E-state index contributed by atoms with van der Waals surface area (Å²) in [6, 6.07) is 5.52. The summed E-state index contributed by atoms with van der Waals surface area (Å²) in [6.45, 7) is 0.0729. The van der Waals surface area contributed by atoms with Gasteiger partial charge in [0.1, 0.15) is 5.82 Å². The lowest BCUT2D eigenvalue weighted by atomic mass is 10.0. The van der Waals surface area contributed by atoms with Crippen LogP contribution in [0.1, 0.15) is 12.0 Å². The van der Waals surface area contributed by atoms with Crippen LogP contribution in [0.2, 0.25) is 5.02 Å². The summed E-state index contributed by atoms with van der Waals surface area (Å²) in [5.74, 6) is -2.14. The Hall–Kier alpha value is -3.04. The number of benzene rings is 1. The maximum atomic E-state index is 13.4. The number of anilines is 1. The molecule has 0 radical (unpaired) electrons. The zero-order chi connectivity index (χ0) is 19.9. The molecule has 3 N–H and O–H groups in total. The maximum absolute atomic E-state index is 13.4. The third-order valence-corrected chi connectivity index (χ3v) is 4.84. The zero-order valence-electron chi connectivity index (χ0n) is 14.4. The van der Waals surface area contributed by atoms with Crippen molar-refractivity contribution in [2.45, 2.75) is 18.6 Å². The summed E-state index contributed by atoms with van der Waals surface area (Å²) < 4.78 is 13.4. The van der Waals surface area contributed by atoms with Crippen molar-refractivity contribution in [3.8, 4) is 0 Å². The average molecular weight is 404 g/mol. The van der Waals surface area contributed by atoms with Crippen molar-refractivity contribution in [1.29, 1.82) is 0 Å². The van der Waals surface area contributed by atoms with Gasteiger partial charge in [-0.15, -0.1) is 0 Å². The molecule has 0 bridgehead atoms. The Balaban J connectivity index is 1.49. The number of fused-ring (bicyclic) bond motifs is 1. The second-order valence-electron chi connectivity index (χ2n) is 6.49. The molecule has 0 spiro atoms. The van der Waals surface area contributed by atoms with E-state index in [0.29, 0.717) is 22.4 Å². The highest BCUT2D eigenvalue weighted by Crippen LogP contribution is 2.29. The molecule has 0 saturated carbocycles.